The summed E-state index contributed by atoms with van der Waals surface area (Å²) >= 11 is 0. The Labute approximate surface area is 160 Å². The van der Waals surface area contributed by atoms with Gasteiger partial charge in [0.25, 0.3) is 0 Å². The van der Waals surface area contributed by atoms with Gasteiger partial charge in [0.15, 0.2) is 0 Å². The molecule has 4 heterocycles. The van der Waals surface area contributed by atoms with Crippen LogP contribution in [0, 0.1) is 6.92 Å². The van der Waals surface area contributed by atoms with Crippen LogP contribution in [0.1, 0.15) is 35.6 Å². The summed E-state index contributed by atoms with van der Waals surface area (Å²) in [5.41, 5.74) is 3.72. The topological polar surface area (TPSA) is 58.9 Å². The van der Waals surface area contributed by atoms with Crippen molar-refractivity contribution < 1.29 is 0 Å². The molecule has 3 aromatic heterocycles. The van der Waals surface area contributed by atoms with Crippen LogP contribution in [-0.4, -0.2) is 37.5 Å². The van der Waals surface area contributed by atoms with E-state index >= 15 is 0 Å². The monoisotopic (exact) mass is 362 g/mol. The predicted octanol–water partition coefficient (Wildman–Crippen LogP) is 3.64. The Morgan fingerprint density at radius 2 is 2.15 bits per heavy atom. The van der Waals surface area contributed by atoms with E-state index in [4.69, 9.17) is 0 Å². The van der Waals surface area contributed by atoms with Crippen molar-refractivity contribution in [2.24, 2.45) is 7.05 Å². The molecule has 3 aromatic rings. The largest absolute Gasteiger partial charge is 0.337 e. The third kappa shape index (κ3) is 4.17. The zero-order chi connectivity index (χ0) is 18.6. The van der Waals surface area contributed by atoms with Crippen LogP contribution < -0.4 is 5.32 Å². The lowest BCUT2D eigenvalue weighted by atomic mass is 9.91. The van der Waals surface area contributed by atoms with Crippen molar-refractivity contribution in [2.75, 3.05) is 18.4 Å². The Morgan fingerprint density at radius 3 is 2.96 bits per heavy atom. The van der Waals surface area contributed by atoms with Gasteiger partial charge in [-0.1, -0.05) is 6.07 Å². The summed E-state index contributed by atoms with van der Waals surface area (Å²) in [6.45, 7) is 5.22. The SMILES string of the molecule is Cc1cccnc1Nc1cc([C@H]2CCCN(Cc3cncn3C)C2)ccn1. The summed E-state index contributed by atoms with van der Waals surface area (Å²) in [4.78, 5) is 15.7. The van der Waals surface area contributed by atoms with Crippen molar-refractivity contribution in [3.63, 3.8) is 0 Å². The number of hydrogen-bond acceptors (Lipinski definition) is 5. The van der Waals surface area contributed by atoms with Gasteiger partial charge in [-0.15, -0.1) is 0 Å². The number of aromatic nitrogens is 4. The van der Waals surface area contributed by atoms with Crippen molar-refractivity contribution in [3.05, 3.63) is 66.0 Å². The van der Waals surface area contributed by atoms with Crippen LogP contribution in [-0.2, 0) is 13.6 Å². The van der Waals surface area contributed by atoms with Crippen molar-refractivity contribution in [2.45, 2.75) is 32.2 Å². The molecule has 0 radical (unpaired) electrons. The zero-order valence-corrected chi connectivity index (χ0v) is 16.0. The van der Waals surface area contributed by atoms with Gasteiger partial charge in [-0.3, -0.25) is 4.90 Å². The van der Waals surface area contributed by atoms with Gasteiger partial charge in [-0.2, -0.15) is 0 Å². The molecule has 1 N–H and O–H groups in total. The van der Waals surface area contributed by atoms with Crippen LogP contribution in [0.3, 0.4) is 0 Å². The normalized spacial score (nSPS) is 17.8. The minimum Gasteiger partial charge on any atom is -0.337 e. The van der Waals surface area contributed by atoms with E-state index in [9.17, 15) is 0 Å². The third-order valence-electron chi connectivity index (χ3n) is 5.32. The van der Waals surface area contributed by atoms with Gasteiger partial charge < -0.3 is 9.88 Å². The first-order valence-corrected chi connectivity index (χ1v) is 9.51. The Kier molecular flexibility index (Phi) is 5.16. The van der Waals surface area contributed by atoms with E-state index in [1.54, 1.807) is 6.20 Å². The second kappa shape index (κ2) is 7.88. The molecule has 27 heavy (non-hydrogen) atoms. The maximum Gasteiger partial charge on any atom is 0.134 e. The maximum absolute atomic E-state index is 4.49. The number of anilines is 2. The molecule has 6 nitrogen and oxygen atoms in total. The summed E-state index contributed by atoms with van der Waals surface area (Å²) in [5, 5.41) is 3.36. The molecule has 6 heteroatoms. The molecule has 1 saturated heterocycles. The Hall–Kier alpha value is -2.73. The molecule has 0 aliphatic carbocycles. The van der Waals surface area contributed by atoms with E-state index in [0.29, 0.717) is 5.92 Å². The van der Waals surface area contributed by atoms with Crippen molar-refractivity contribution in [1.82, 2.24) is 24.4 Å². The molecule has 0 bridgehead atoms. The summed E-state index contributed by atoms with van der Waals surface area (Å²) < 4.78 is 2.10. The molecule has 0 aromatic carbocycles. The van der Waals surface area contributed by atoms with Gasteiger partial charge >= 0.3 is 0 Å². The van der Waals surface area contributed by atoms with Crippen LogP contribution in [0.2, 0.25) is 0 Å². The first-order valence-electron chi connectivity index (χ1n) is 9.51. The van der Waals surface area contributed by atoms with E-state index in [1.165, 1.54) is 24.1 Å². The van der Waals surface area contributed by atoms with E-state index in [0.717, 1.165) is 36.8 Å². The number of nitrogens with one attached hydrogen (secondary N) is 1. The number of imidazole rings is 1. The molecule has 1 atom stereocenters. The summed E-state index contributed by atoms with van der Waals surface area (Å²) in [5.74, 6) is 2.25. The minimum absolute atomic E-state index is 0.528. The lowest BCUT2D eigenvalue weighted by Gasteiger charge is -2.33. The van der Waals surface area contributed by atoms with Gasteiger partial charge in [-0.25, -0.2) is 15.0 Å². The van der Waals surface area contributed by atoms with E-state index in [-0.39, 0.29) is 0 Å². The molecule has 0 spiro atoms. The molecule has 1 fully saturated rings. The lowest BCUT2D eigenvalue weighted by Crippen LogP contribution is -2.34. The van der Waals surface area contributed by atoms with Gasteiger partial charge in [0, 0.05) is 38.7 Å². The predicted molar refractivity (Wildman–Crippen MR) is 107 cm³/mol. The highest BCUT2D eigenvalue weighted by atomic mass is 15.2. The minimum atomic E-state index is 0.528. The fourth-order valence-electron chi connectivity index (χ4n) is 3.74. The van der Waals surface area contributed by atoms with Crippen molar-refractivity contribution in [3.8, 4) is 0 Å². The fourth-order valence-corrected chi connectivity index (χ4v) is 3.74. The first-order chi connectivity index (χ1) is 13.2. The average Bonchev–Trinajstić information content (AvgIpc) is 3.09. The summed E-state index contributed by atoms with van der Waals surface area (Å²) in [7, 11) is 2.06. The van der Waals surface area contributed by atoms with Crippen LogP contribution in [0.25, 0.3) is 0 Å². The van der Waals surface area contributed by atoms with Crippen LogP contribution in [0.4, 0.5) is 11.6 Å². The summed E-state index contributed by atoms with van der Waals surface area (Å²) in [6.07, 6.45) is 9.97. The highest BCUT2D eigenvalue weighted by Gasteiger charge is 2.22. The molecule has 4 rings (SSSR count). The van der Waals surface area contributed by atoms with Crippen LogP contribution in [0.5, 0.6) is 0 Å². The number of rotatable bonds is 5. The van der Waals surface area contributed by atoms with E-state index in [2.05, 4.69) is 61.9 Å². The molecule has 1 aliphatic heterocycles. The molecule has 0 amide bonds. The number of pyridine rings is 2. The Balaban J connectivity index is 1.46. The lowest BCUT2D eigenvalue weighted by molar-refractivity contribution is 0.196. The molecular weight excluding hydrogens is 336 g/mol. The van der Waals surface area contributed by atoms with E-state index < -0.39 is 0 Å². The highest BCUT2D eigenvalue weighted by molar-refractivity contribution is 5.56. The van der Waals surface area contributed by atoms with Crippen molar-refractivity contribution in [1.29, 1.82) is 0 Å². The first kappa shape index (κ1) is 17.7. The van der Waals surface area contributed by atoms with Gasteiger partial charge in [0.1, 0.15) is 11.6 Å². The number of nitrogens with zero attached hydrogens (tertiary/aromatic N) is 5. The molecule has 140 valence electrons. The molecule has 1 aliphatic rings. The molecule has 0 saturated carbocycles. The standard InChI is InChI=1S/C21H26N6/c1-16-5-3-8-24-21(16)25-20-11-17(7-9-23-20)18-6-4-10-27(13-18)14-19-12-22-15-26(19)2/h3,5,7-9,11-12,15,18H,4,6,10,13-14H2,1-2H3,(H,23,24,25)/t18-/m0/s1. The zero-order valence-electron chi connectivity index (χ0n) is 16.0. The second-order valence-corrected chi connectivity index (χ2v) is 7.34. The molecular formula is C21H26N6. The van der Waals surface area contributed by atoms with Crippen LogP contribution >= 0.6 is 0 Å². The smallest absolute Gasteiger partial charge is 0.134 e. The quantitative estimate of drug-likeness (QED) is 0.751. The van der Waals surface area contributed by atoms with Crippen LogP contribution in [0.15, 0.2) is 49.2 Å². The number of likely N-dealkylation sites (tertiary alicyclic amines) is 1. The maximum atomic E-state index is 4.49. The Morgan fingerprint density at radius 1 is 1.22 bits per heavy atom. The van der Waals surface area contributed by atoms with Gasteiger partial charge in [0.05, 0.1) is 12.0 Å². The third-order valence-corrected chi connectivity index (χ3v) is 5.32. The average molecular weight is 362 g/mol. The summed E-state index contributed by atoms with van der Waals surface area (Å²) in [6, 6.07) is 8.32. The molecule has 0 unspecified atom stereocenters. The Bertz CT molecular complexity index is 903. The van der Waals surface area contributed by atoms with Crippen molar-refractivity contribution >= 4 is 11.6 Å². The number of hydrogen-bond donors (Lipinski definition) is 1. The van der Waals surface area contributed by atoms with Gasteiger partial charge in [0.2, 0.25) is 0 Å². The fraction of sp³-hybridized carbons (Fsp3) is 0.381. The highest BCUT2D eigenvalue weighted by Crippen LogP contribution is 2.29. The second-order valence-electron chi connectivity index (χ2n) is 7.34. The number of aryl methyl sites for hydroxylation is 2. The number of piperidine rings is 1. The van der Waals surface area contributed by atoms with E-state index in [1.807, 2.05) is 24.8 Å². The van der Waals surface area contributed by atoms with Gasteiger partial charge in [-0.05, 0) is 61.6 Å².